The summed E-state index contributed by atoms with van der Waals surface area (Å²) < 4.78 is 6.13. The SMILES string of the molecule is COC(=O)C1(n2nc(CBr)c3ccccc3c2=O)CC1. The first-order chi connectivity index (χ1) is 9.64. The van der Waals surface area contributed by atoms with E-state index in [1.54, 1.807) is 6.07 Å². The summed E-state index contributed by atoms with van der Waals surface area (Å²) >= 11 is 3.38. The minimum Gasteiger partial charge on any atom is -0.467 e. The lowest BCUT2D eigenvalue weighted by Gasteiger charge is -2.16. The highest BCUT2D eigenvalue weighted by Gasteiger charge is 2.55. The summed E-state index contributed by atoms with van der Waals surface area (Å²) in [5.41, 5.74) is -0.407. The van der Waals surface area contributed by atoms with Crippen LogP contribution in [0.25, 0.3) is 10.8 Å². The number of esters is 1. The lowest BCUT2D eigenvalue weighted by Crippen LogP contribution is -2.39. The highest BCUT2D eigenvalue weighted by molar-refractivity contribution is 9.08. The van der Waals surface area contributed by atoms with Crippen LogP contribution >= 0.6 is 15.9 Å². The molecule has 0 spiro atoms. The molecule has 0 unspecified atom stereocenters. The van der Waals surface area contributed by atoms with Gasteiger partial charge in [-0.25, -0.2) is 9.48 Å². The Morgan fingerprint density at radius 3 is 2.60 bits per heavy atom. The van der Waals surface area contributed by atoms with Crippen molar-refractivity contribution in [2.24, 2.45) is 0 Å². The largest absolute Gasteiger partial charge is 0.467 e. The van der Waals surface area contributed by atoms with Gasteiger partial charge in [-0.15, -0.1) is 0 Å². The zero-order valence-corrected chi connectivity index (χ0v) is 12.5. The quantitative estimate of drug-likeness (QED) is 0.635. The van der Waals surface area contributed by atoms with Gasteiger partial charge in [-0.1, -0.05) is 34.1 Å². The Balaban J connectivity index is 2.30. The zero-order valence-electron chi connectivity index (χ0n) is 10.9. The second-order valence-corrected chi connectivity index (χ2v) is 5.43. The van der Waals surface area contributed by atoms with Gasteiger partial charge in [-0.2, -0.15) is 5.10 Å². The van der Waals surface area contributed by atoms with Crippen molar-refractivity contribution >= 4 is 32.7 Å². The third kappa shape index (κ3) is 1.78. The van der Waals surface area contributed by atoms with Gasteiger partial charge in [0, 0.05) is 10.7 Å². The number of methoxy groups -OCH3 is 1. The molecule has 1 aliphatic carbocycles. The number of carbonyl (C=O) groups excluding carboxylic acids is 1. The molecule has 1 aromatic carbocycles. The van der Waals surface area contributed by atoms with Gasteiger partial charge in [0.1, 0.15) is 0 Å². The predicted octanol–water partition coefficient (Wildman–Crippen LogP) is 1.95. The number of alkyl halides is 1. The average molecular weight is 337 g/mol. The van der Waals surface area contributed by atoms with Gasteiger partial charge < -0.3 is 4.74 Å². The molecule has 104 valence electrons. The molecule has 3 rings (SSSR count). The second kappa shape index (κ2) is 4.70. The highest BCUT2D eigenvalue weighted by Crippen LogP contribution is 2.43. The number of ether oxygens (including phenoxy) is 1. The van der Waals surface area contributed by atoms with Crippen molar-refractivity contribution in [3.63, 3.8) is 0 Å². The van der Waals surface area contributed by atoms with E-state index in [9.17, 15) is 9.59 Å². The molecule has 1 aliphatic rings. The summed E-state index contributed by atoms with van der Waals surface area (Å²) in [5, 5.41) is 6.28. The smallest absolute Gasteiger partial charge is 0.333 e. The minimum absolute atomic E-state index is 0.242. The van der Waals surface area contributed by atoms with Crippen molar-refractivity contribution in [1.29, 1.82) is 0 Å². The zero-order chi connectivity index (χ0) is 14.3. The molecular formula is C14H13BrN2O3. The molecule has 1 saturated carbocycles. The number of halogens is 1. The van der Waals surface area contributed by atoms with Gasteiger partial charge in [-0.3, -0.25) is 4.79 Å². The first-order valence-corrected chi connectivity index (χ1v) is 7.42. The fourth-order valence-corrected chi connectivity index (χ4v) is 2.87. The third-order valence-electron chi connectivity index (χ3n) is 3.70. The number of hydrogen-bond donors (Lipinski definition) is 0. The van der Waals surface area contributed by atoms with Crippen LogP contribution in [-0.2, 0) is 20.4 Å². The summed E-state index contributed by atoms with van der Waals surface area (Å²) in [5.74, 6) is -0.400. The van der Waals surface area contributed by atoms with Crippen LogP contribution in [0.5, 0.6) is 0 Å². The van der Waals surface area contributed by atoms with E-state index in [-0.39, 0.29) is 5.56 Å². The maximum atomic E-state index is 12.6. The first-order valence-electron chi connectivity index (χ1n) is 6.30. The van der Waals surface area contributed by atoms with Crippen molar-refractivity contribution in [3.05, 3.63) is 40.3 Å². The Morgan fingerprint density at radius 2 is 2.05 bits per heavy atom. The number of fused-ring (bicyclic) bond motifs is 1. The molecule has 1 heterocycles. The summed E-state index contributed by atoms with van der Waals surface area (Å²) in [7, 11) is 1.33. The molecule has 0 saturated heterocycles. The van der Waals surface area contributed by atoms with Crippen LogP contribution in [-0.4, -0.2) is 22.9 Å². The van der Waals surface area contributed by atoms with E-state index in [0.717, 1.165) is 11.1 Å². The topological polar surface area (TPSA) is 61.2 Å². The lowest BCUT2D eigenvalue weighted by atomic mass is 10.1. The molecule has 0 N–H and O–H groups in total. The van der Waals surface area contributed by atoms with Gasteiger partial charge in [-0.05, 0) is 18.9 Å². The number of carbonyl (C=O) groups is 1. The van der Waals surface area contributed by atoms with Crippen molar-refractivity contribution in [3.8, 4) is 0 Å². The van der Waals surface area contributed by atoms with E-state index in [4.69, 9.17) is 4.74 Å². The van der Waals surface area contributed by atoms with Crippen LogP contribution in [0.1, 0.15) is 18.5 Å². The molecule has 2 aromatic rings. The number of aromatic nitrogens is 2. The van der Waals surface area contributed by atoms with E-state index >= 15 is 0 Å². The summed E-state index contributed by atoms with van der Waals surface area (Å²) in [6, 6.07) is 7.30. The monoisotopic (exact) mass is 336 g/mol. The van der Waals surface area contributed by atoms with Crippen LogP contribution in [0.2, 0.25) is 0 Å². The molecule has 0 amide bonds. The molecule has 1 aromatic heterocycles. The molecule has 1 fully saturated rings. The van der Waals surface area contributed by atoms with Gasteiger partial charge in [0.05, 0.1) is 18.2 Å². The Labute approximate surface area is 123 Å². The van der Waals surface area contributed by atoms with Crippen molar-refractivity contribution in [2.75, 3.05) is 7.11 Å². The molecule has 6 heteroatoms. The van der Waals surface area contributed by atoms with Crippen molar-refractivity contribution in [1.82, 2.24) is 9.78 Å². The summed E-state index contributed by atoms with van der Waals surface area (Å²) in [6.07, 6.45) is 1.18. The summed E-state index contributed by atoms with van der Waals surface area (Å²) in [6.45, 7) is 0. The van der Waals surface area contributed by atoms with E-state index in [0.29, 0.717) is 23.6 Å². The molecule has 0 aliphatic heterocycles. The molecular weight excluding hydrogens is 324 g/mol. The standard InChI is InChI=1S/C14H13BrN2O3/c1-20-13(19)14(6-7-14)17-12(18)10-5-3-2-4-9(10)11(8-15)16-17/h2-5H,6-8H2,1H3. The second-order valence-electron chi connectivity index (χ2n) is 4.87. The fraction of sp³-hybridized carbons (Fsp3) is 0.357. The maximum absolute atomic E-state index is 12.6. The Bertz CT molecular complexity index is 750. The van der Waals surface area contributed by atoms with E-state index < -0.39 is 11.5 Å². The number of nitrogens with zero attached hydrogens (tertiary/aromatic N) is 2. The number of rotatable bonds is 3. The Morgan fingerprint density at radius 1 is 1.40 bits per heavy atom. The Kier molecular flexibility index (Phi) is 3.12. The van der Waals surface area contributed by atoms with E-state index in [1.165, 1.54) is 11.8 Å². The van der Waals surface area contributed by atoms with E-state index in [1.807, 2.05) is 18.2 Å². The third-order valence-corrected chi connectivity index (χ3v) is 4.23. The minimum atomic E-state index is -0.910. The average Bonchev–Trinajstić information content (AvgIpc) is 3.29. The van der Waals surface area contributed by atoms with Crippen LogP contribution in [0, 0.1) is 0 Å². The maximum Gasteiger partial charge on any atom is 0.333 e. The first kappa shape index (κ1) is 13.3. The molecule has 5 nitrogen and oxygen atoms in total. The summed E-state index contributed by atoms with van der Waals surface area (Å²) in [4.78, 5) is 24.5. The normalized spacial score (nSPS) is 16.1. The van der Waals surface area contributed by atoms with Crippen molar-refractivity contribution < 1.29 is 9.53 Å². The van der Waals surface area contributed by atoms with Crippen LogP contribution < -0.4 is 5.56 Å². The van der Waals surface area contributed by atoms with Crippen LogP contribution in [0.15, 0.2) is 29.1 Å². The van der Waals surface area contributed by atoms with E-state index in [2.05, 4.69) is 21.0 Å². The predicted molar refractivity (Wildman–Crippen MR) is 77.9 cm³/mol. The number of benzene rings is 1. The van der Waals surface area contributed by atoms with Gasteiger partial charge in [0.2, 0.25) is 0 Å². The molecule has 20 heavy (non-hydrogen) atoms. The molecule has 0 radical (unpaired) electrons. The highest BCUT2D eigenvalue weighted by atomic mass is 79.9. The van der Waals surface area contributed by atoms with Crippen molar-refractivity contribution in [2.45, 2.75) is 23.7 Å². The lowest BCUT2D eigenvalue weighted by molar-refractivity contribution is -0.146. The Hall–Kier alpha value is -1.69. The van der Waals surface area contributed by atoms with Gasteiger partial charge in [0.15, 0.2) is 5.54 Å². The number of hydrogen-bond acceptors (Lipinski definition) is 4. The molecule has 0 atom stereocenters. The van der Waals surface area contributed by atoms with Gasteiger partial charge in [0.25, 0.3) is 5.56 Å². The van der Waals surface area contributed by atoms with Crippen LogP contribution in [0.4, 0.5) is 0 Å². The fourth-order valence-electron chi connectivity index (χ4n) is 2.45. The van der Waals surface area contributed by atoms with Gasteiger partial charge >= 0.3 is 5.97 Å². The molecule has 0 bridgehead atoms. The van der Waals surface area contributed by atoms with Crippen LogP contribution in [0.3, 0.4) is 0 Å².